The van der Waals surface area contributed by atoms with Gasteiger partial charge < -0.3 is 15.1 Å². The van der Waals surface area contributed by atoms with Gasteiger partial charge >= 0.3 is 0 Å². The Hall–Kier alpha value is -0.580. The van der Waals surface area contributed by atoms with E-state index in [1.807, 2.05) is 0 Å². The Labute approximate surface area is 125 Å². The summed E-state index contributed by atoms with van der Waals surface area (Å²) in [5, 5.41) is 3.59. The minimum atomic E-state index is 0.529. The first-order chi connectivity index (χ1) is 9.06. The lowest BCUT2D eigenvalue weighted by Crippen LogP contribution is -2.46. The molecule has 1 aromatic rings. The van der Waals surface area contributed by atoms with Crippen LogP contribution in [0.2, 0.25) is 0 Å². The van der Waals surface area contributed by atoms with E-state index in [1.165, 1.54) is 5.69 Å². The van der Waals surface area contributed by atoms with Crippen molar-refractivity contribution < 1.29 is 0 Å². The molecule has 0 spiro atoms. The van der Waals surface area contributed by atoms with Crippen LogP contribution in [-0.4, -0.2) is 51.2 Å². The summed E-state index contributed by atoms with van der Waals surface area (Å²) in [5.41, 5.74) is 1.32. The molecule has 0 aliphatic carbocycles. The Kier molecular flexibility index (Phi) is 5.25. The van der Waals surface area contributed by atoms with E-state index in [4.69, 9.17) is 0 Å². The summed E-state index contributed by atoms with van der Waals surface area (Å²) in [4.78, 5) is 4.82. The molecule has 3 nitrogen and oxygen atoms in total. The molecule has 1 heterocycles. The van der Waals surface area contributed by atoms with E-state index in [9.17, 15) is 0 Å². The van der Waals surface area contributed by atoms with Gasteiger partial charge in [-0.1, -0.05) is 22.9 Å². The molecule has 0 saturated carbocycles. The number of halogens is 1. The van der Waals surface area contributed by atoms with Crippen molar-refractivity contribution in [3.8, 4) is 0 Å². The molecule has 2 unspecified atom stereocenters. The molecule has 1 saturated heterocycles. The summed E-state index contributed by atoms with van der Waals surface area (Å²) >= 11 is 3.51. The average Bonchev–Trinajstić information content (AvgIpc) is 2.52. The van der Waals surface area contributed by atoms with E-state index in [0.29, 0.717) is 12.0 Å². The van der Waals surface area contributed by atoms with Gasteiger partial charge in [0.2, 0.25) is 0 Å². The fourth-order valence-electron chi connectivity index (χ4n) is 2.69. The Morgan fingerprint density at radius 2 is 1.95 bits per heavy atom. The zero-order valence-electron chi connectivity index (χ0n) is 12.1. The van der Waals surface area contributed by atoms with Crippen LogP contribution in [0.3, 0.4) is 0 Å². The van der Waals surface area contributed by atoms with E-state index in [2.05, 4.69) is 76.3 Å². The molecule has 19 heavy (non-hydrogen) atoms. The Morgan fingerprint density at radius 3 is 2.58 bits per heavy atom. The molecule has 4 heteroatoms. The molecule has 0 amide bonds. The number of nitrogens with zero attached hydrogens (tertiary/aromatic N) is 2. The van der Waals surface area contributed by atoms with Gasteiger partial charge in [0.15, 0.2) is 0 Å². The second-order valence-electron chi connectivity index (χ2n) is 5.81. The number of anilines is 1. The highest BCUT2D eigenvalue weighted by atomic mass is 79.9. The number of benzene rings is 1. The summed E-state index contributed by atoms with van der Waals surface area (Å²) in [6, 6.07) is 9.21. The standard InChI is InChI=1S/C15H24BrN3/c1-12-8-17-9-15(11-18(2)3)19(10-12)14-6-4-13(16)5-7-14/h4-7,12,15,17H,8-11H2,1-3H3. The van der Waals surface area contributed by atoms with Crippen LogP contribution < -0.4 is 10.2 Å². The van der Waals surface area contributed by atoms with Gasteiger partial charge in [-0.25, -0.2) is 0 Å². The van der Waals surface area contributed by atoms with E-state index in [-0.39, 0.29) is 0 Å². The lowest BCUT2D eigenvalue weighted by atomic mass is 10.1. The van der Waals surface area contributed by atoms with Crippen molar-refractivity contribution in [2.75, 3.05) is 45.2 Å². The Morgan fingerprint density at radius 1 is 1.26 bits per heavy atom. The first kappa shape index (κ1) is 14.8. The van der Waals surface area contributed by atoms with Gasteiger partial charge in [0.25, 0.3) is 0 Å². The van der Waals surface area contributed by atoms with Crippen molar-refractivity contribution in [2.24, 2.45) is 5.92 Å². The van der Waals surface area contributed by atoms with E-state index in [1.54, 1.807) is 0 Å². The quantitative estimate of drug-likeness (QED) is 0.920. The molecule has 1 aliphatic rings. The summed E-state index contributed by atoms with van der Waals surface area (Å²) in [6.45, 7) is 6.68. The minimum absolute atomic E-state index is 0.529. The SMILES string of the molecule is CC1CNCC(CN(C)C)N(c2ccc(Br)cc2)C1. The normalized spacial score (nSPS) is 24.6. The van der Waals surface area contributed by atoms with Crippen LogP contribution in [0.1, 0.15) is 6.92 Å². The van der Waals surface area contributed by atoms with Crippen LogP contribution in [0.25, 0.3) is 0 Å². The fraction of sp³-hybridized carbons (Fsp3) is 0.600. The van der Waals surface area contributed by atoms with Gasteiger partial charge in [-0.3, -0.25) is 0 Å². The largest absolute Gasteiger partial charge is 0.366 e. The predicted molar refractivity (Wildman–Crippen MR) is 85.9 cm³/mol. The van der Waals surface area contributed by atoms with E-state index in [0.717, 1.165) is 30.7 Å². The van der Waals surface area contributed by atoms with Crippen LogP contribution in [0, 0.1) is 5.92 Å². The zero-order valence-corrected chi connectivity index (χ0v) is 13.7. The highest BCUT2D eigenvalue weighted by molar-refractivity contribution is 9.10. The molecule has 106 valence electrons. The molecule has 0 radical (unpaired) electrons. The van der Waals surface area contributed by atoms with Gasteiger partial charge in [-0.2, -0.15) is 0 Å². The van der Waals surface area contributed by atoms with Gasteiger partial charge in [-0.15, -0.1) is 0 Å². The van der Waals surface area contributed by atoms with Crippen LogP contribution in [-0.2, 0) is 0 Å². The minimum Gasteiger partial charge on any atom is -0.366 e. The average molecular weight is 326 g/mol. The van der Waals surface area contributed by atoms with Crippen LogP contribution in [0.4, 0.5) is 5.69 Å². The number of hydrogen-bond donors (Lipinski definition) is 1. The number of likely N-dealkylation sites (N-methyl/N-ethyl adjacent to an activating group) is 1. The van der Waals surface area contributed by atoms with Crippen LogP contribution >= 0.6 is 15.9 Å². The number of hydrogen-bond acceptors (Lipinski definition) is 3. The highest BCUT2D eigenvalue weighted by Gasteiger charge is 2.24. The summed E-state index contributed by atoms with van der Waals surface area (Å²) in [6.07, 6.45) is 0. The molecule has 0 bridgehead atoms. The smallest absolute Gasteiger partial charge is 0.0541 e. The molecule has 1 N–H and O–H groups in total. The molecule has 2 rings (SSSR count). The van der Waals surface area contributed by atoms with E-state index >= 15 is 0 Å². The van der Waals surface area contributed by atoms with Crippen molar-refractivity contribution >= 4 is 21.6 Å². The van der Waals surface area contributed by atoms with Crippen LogP contribution in [0.5, 0.6) is 0 Å². The maximum absolute atomic E-state index is 3.59. The second-order valence-corrected chi connectivity index (χ2v) is 6.72. The lowest BCUT2D eigenvalue weighted by molar-refractivity contribution is 0.360. The zero-order chi connectivity index (χ0) is 13.8. The van der Waals surface area contributed by atoms with Gasteiger partial charge in [0.1, 0.15) is 0 Å². The molecule has 1 fully saturated rings. The lowest BCUT2D eigenvalue weighted by Gasteiger charge is -2.34. The maximum atomic E-state index is 3.59. The highest BCUT2D eigenvalue weighted by Crippen LogP contribution is 2.23. The molecular formula is C15H24BrN3. The summed E-state index contributed by atoms with van der Waals surface area (Å²) in [5.74, 6) is 0.677. The second kappa shape index (κ2) is 6.73. The first-order valence-corrected chi connectivity index (χ1v) is 7.73. The summed E-state index contributed by atoms with van der Waals surface area (Å²) < 4.78 is 1.14. The third-order valence-corrected chi connectivity index (χ3v) is 4.08. The van der Waals surface area contributed by atoms with Gasteiger partial charge in [-0.05, 0) is 50.8 Å². The molecule has 0 aromatic heterocycles. The van der Waals surface area contributed by atoms with Crippen molar-refractivity contribution in [3.05, 3.63) is 28.7 Å². The van der Waals surface area contributed by atoms with Crippen molar-refractivity contribution in [1.82, 2.24) is 10.2 Å². The fourth-order valence-corrected chi connectivity index (χ4v) is 2.95. The third kappa shape index (κ3) is 4.20. The first-order valence-electron chi connectivity index (χ1n) is 6.94. The maximum Gasteiger partial charge on any atom is 0.0541 e. The molecule has 1 aliphatic heterocycles. The molecule has 1 aromatic carbocycles. The van der Waals surface area contributed by atoms with Gasteiger partial charge in [0, 0.05) is 29.8 Å². The topological polar surface area (TPSA) is 18.5 Å². The monoisotopic (exact) mass is 325 g/mol. The van der Waals surface area contributed by atoms with Gasteiger partial charge in [0.05, 0.1) is 6.04 Å². The van der Waals surface area contributed by atoms with Crippen LogP contribution in [0.15, 0.2) is 28.7 Å². The van der Waals surface area contributed by atoms with E-state index < -0.39 is 0 Å². The number of nitrogens with one attached hydrogen (secondary N) is 1. The third-order valence-electron chi connectivity index (χ3n) is 3.56. The van der Waals surface area contributed by atoms with Crippen molar-refractivity contribution in [3.63, 3.8) is 0 Å². The Balaban J connectivity index is 2.21. The summed E-state index contributed by atoms with van der Waals surface area (Å²) in [7, 11) is 4.29. The molecular weight excluding hydrogens is 302 g/mol. The Bertz CT molecular complexity index is 391. The van der Waals surface area contributed by atoms with Crippen molar-refractivity contribution in [2.45, 2.75) is 13.0 Å². The number of rotatable bonds is 3. The predicted octanol–water partition coefficient (Wildman–Crippen LogP) is 2.43. The molecule has 2 atom stereocenters. The van der Waals surface area contributed by atoms with Crippen molar-refractivity contribution in [1.29, 1.82) is 0 Å².